The molecule has 1 heterocycles. The number of amides is 1. The first-order valence-electron chi connectivity index (χ1n) is 7.27. The number of carbonyl (C=O) groups is 1. The Morgan fingerprint density at radius 2 is 2.17 bits per heavy atom. The third kappa shape index (κ3) is 4.94. The molecule has 126 valence electrons. The summed E-state index contributed by atoms with van der Waals surface area (Å²) in [4.78, 5) is 16.4. The van der Waals surface area contributed by atoms with E-state index in [1.165, 1.54) is 17.8 Å². The molecule has 1 aromatic carbocycles. The largest absolute Gasteiger partial charge is 0.444 e. The van der Waals surface area contributed by atoms with E-state index in [9.17, 15) is 9.18 Å². The summed E-state index contributed by atoms with van der Waals surface area (Å²) < 4.78 is 20.2. The molecule has 2 rings (SSSR count). The highest BCUT2D eigenvalue weighted by Gasteiger charge is 2.33. The number of hydrogen-bond acceptors (Lipinski definition) is 4. The summed E-state index contributed by atoms with van der Waals surface area (Å²) in [6.07, 6.45) is 0.132. The summed E-state index contributed by atoms with van der Waals surface area (Å²) in [6.45, 7) is 7.25. The lowest BCUT2D eigenvalue weighted by molar-refractivity contribution is 0.0564. The van der Waals surface area contributed by atoms with Crippen molar-refractivity contribution in [3.8, 4) is 0 Å². The average Bonchev–Trinajstić information content (AvgIpc) is 2.39. The molecule has 1 unspecified atom stereocenters. The Kier molecular flexibility index (Phi) is 5.41. The highest BCUT2D eigenvalue weighted by molar-refractivity contribution is 9.10. The molecule has 1 atom stereocenters. The molecule has 1 aliphatic heterocycles. The number of ether oxygens (including phenoxy) is 1. The number of amidine groups is 1. The van der Waals surface area contributed by atoms with E-state index in [1.54, 1.807) is 32.9 Å². The molecule has 23 heavy (non-hydrogen) atoms. The molecule has 7 heteroatoms. The number of carbonyl (C=O) groups excluding carboxylic acids is 1. The Morgan fingerprint density at radius 3 is 2.83 bits per heavy atom. The van der Waals surface area contributed by atoms with Crippen LogP contribution in [0.1, 0.15) is 39.7 Å². The van der Waals surface area contributed by atoms with Gasteiger partial charge in [0.2, 0.25) is 0 Å². The fourth-order valence-corrected chi connectivity index (χ4v) is 3.69. The van der Waals surface area contributed by atoms with Crippen LogP contribution < -0.4 is 5.32 Å². The van der Waals surface area contributed by atoms with Gasteiger partial charge in [-0.1, -0.05) is 27.7 Å². The molecule has 0 aliphatic carbocycles. The van der Waals surface area contributed by atoms with E-state index in [0.29, 0.717) is 17.2 Å². The van der Waals surface area contributed by atoms with Gasteiger partial charge >= 0.3 is 6.09 Å². The van der Waals surface area contributed by atoms with Crippen molar-refractivity contribution in [2.75, 3.05) is 5.75 Å². The summed E-state index contributed by atoms with van der Waals surface area (Å²) in [6, 6.07) is 4.81. The number of hydrogen-bond donors (Lipinski definition) is 1. The fourth-order valence-electron chi connectivity index (χ4n) is 2.22. The number of nitrogens with zero attached hydrogens (tertiary/aromatic N) is 1. The van der Waals surface area contributed by atoms with Crippen molar-refractivity contribution in [1.29, 1.82) is 0 Å². The molecule has 0 radical (unpaired) electrons. The Morgan fingerprint density at radius 1 is 1.48 bits per heavy atom. The third-order valence-electron chi connectivity index (χ3n) is 3.29. The predicted molar refractivity (Wildman–Crippen MR) is 95.3 cm³/mol. The number of benzene rings is 1. The van der Waals surface area contributed by atoms with E-state index in [1.807, 2.05) is 6.92 Å². The first-order valence-corrected chi connectivity index (χ1v) is 9.05. The zero-order valence-corrected chi connectivity index (χ0v) is 16.0. The SMILES string of the molecule is CC(C)(C)OC(=O)NC1=NC(C)(c2cc(Br)ccc2F)CCS1. The predicted octanol–water partition coefficient (Wildman–Crippen LogP) is 4.82. The Labute approximate surface area is 148 Å². The van der Waals surface area contributed by atoms with Crippen molar-refractivity contribution >= 4 is 39.0 Å². The van der Waals surface area contributed by atoms with E-state index in [0.717, 1.165) is 10.2 Å². The molecule has 0 spiro atoms. The first-order chi connectivity index (χ1) is 10.6. The van der Waals surface area contributed by atoms with Crippen LogP contribution in [0.15, 0.2) is 27.7 Å². The maximum atomic E-state index is 14.2. The highest BCUT2D eigenvalue weighted by atomic mass is 79.9. The zero-order chi connectivity index (χ0) is 17.3. The van der Waals surface area contributed by atoms with Gasteiger partial charge in [0.15, 0.2) is 5.17 Å². The lowest BCUT2D eigenvalue weighted by Gasteiger charge is -2.31. The first kappa shape index (κ1) is 18.3. The third-order valence-corrected chi connectivity index (χ3v) is 4.66. The molecule has 1 amide bonds. The second kappa shape index (κ2) is 6.81. The van der Waals surface area contributed by atoms with Crippen LogP contribution in [0.25, 0.3) is 0 Å². The second-order valence-corrected chi connectivity index (χ2v) is 8.54. The molecule has 1 N–H and O–H groups in total. The van der Waals surface area contributed by atoms with Crippen molar-refractivity contribution in [2.45, 2.75) is 45.3 Å². The van der Waals surface area contributed by atoms with Crippen LogP contribution in [-0.2, 0) is 10.3 Å². The van der Waals surface area contributed by atoms with E-state index in [2.05, 4.69) is 26.2 Å². The number of aliphatic imine (C=N–C) groups is 1. The normalized spacial score (nSPS) is 21.6. The van der Waals surface area contributed by atoms with Crippen molar-refractivity contribution in [3.05, 3.63) is 34.1 Å². The van der Waals surface area contributed by atoms with Crippen molar-refractivity contribution in [3.63, 3.8) is 0 Å². The summed E-state index contributed by atoms with van der Waals surface area (Å²) in [5.74, 6) is 0.430. The minimum atomic E-state index is -0.719. The van der Waals surface area contributed by atoms with E-state index in [4.69, 9.17) is 4.74 Å². The van der Waals surface area contributed by atoms with Crippen LogP contribution in [0, 0.1) is 5.82 Å². The van der Waals surface area contributed by atoms with Gasteiger partial charge in [0.1, 0.15) is 11.4 Å². The topological polar surface area (TPSA) is 50.7 Å². The van der Waals surface area contributed by atoms with Crippen LogP contribution in [0.3, 0.4) is 0 Å². The van der Waals surface area contributed by atoms with Gasteiger partial charge < -0.3 is 4.74 Å². The van der Waals surface area contributed by atoms with E-state index < -0.39 is 17.2 Å². The molecule has 1 aliphatic rings. The van der Waals surface area contributed by atoms with Crippen molar-refractivity contribution in [2.24, 2.45) is 4.99 Å². The standard InChI is InChI=1S/C16H20BrFN2O2S/c1-15(2,3)22-14(21)19-13-20-16(4,7-8-23-13)11-9-10(17)5-6-12(11)18/h5-6,9H,7-8H2,1-4H3,(H,19,20,21). The molecule has 4 nitrogen and oxygen atoms in total. The monoisotopic (exact) mass is 402 g/mol. The minimum Gasteiger partial charge on any atom is -0.444 e. The van der Waals surface area contributed by atoms with Crippen LogP contribution in [0.4, 0.5) is 9.18 Å². The van der Waals surface area contributed by atoms with Gasteiger partial charge in [-0.2, -0.15) is 0 Å². The summed E-state index contributed by atoms with van der Waals surface area (Å²) in [7, 11) is 0. The van der Waals surface area contributed by atoms with E-state index >= 15 is 0 Å². The molecular formula is C16H20BrFN2O2S. The summed E-state index contributed by atoms with van der Waals surface area (Å²) in [5.41, 5.74) is -0.789. The summed E-state index contributed by atoms with van der Waals surface area (Å²) >= 11 is 4.79. The Bertz CT molecular complexity index is 645. The molecular weight excluding hydrogens is 383 g/mol. The van der Waals surface area contributed by atoms with Gasteiger partial charge in [-0.3, -0.25) is 10.3 Å². The number of alkyl carbamates (subject to hydrolysis) is 1. The second-order valence-electron chi connectivity index (χ2n) is 6.54. The fraction of sp³-hybridized carbons (Fsp3) is 0.500. The number of halogens is 2. The Hall–Kier alpha value is -1.08. The van der Waals surface area contributed by atoms with Crippen LogP contribution >= 0.6 is 27.7 Å². The maximum Gasteiger partial charge on any atom is 0.413 e. The quantitative estimate of drug-likeness (QED) is 0.732. The maximum absolute atomic E-state index is 14.2. The lowest BCUT2D eigenvalue weighted by Crippen LogP contribution is -2.38. The molecule has 0 bridgehead atoms. The minimum absolute atomic E-state index is 0.303. The van der Waals surface area contributed by atoms with Gasteiger partial charge in [0.25, 0.3) is 0 Å². The zero-order valence-electron chi connectivity index (χ0n) is 13.6. The van der Waals surface area contributed by atoms with Gasteiger partial charge in [0.05, 0.1) is 5.54 Å². The molecule has 0 fully saturated rings. The van der Waals surface area contributed by atoms with E-state index in [-0.39, 0.29) is 5.82 Å². The van der Waals surface area contributed by atoms with Crippen LogP contribution in [0.2, 0.25) is 0 Å². The smallest absolute Gasteiger partial charge is 0.413 e. The van der Waals surface area contributed by atoms with Crippen molar-refractivity contribution in [1.82, 2.24) is 5.32 Å². The molecule has 0 saturated carbocycles. The van der Waals surface area contributed by atoms with Crippen LogP contribution in [0.5, 0.6) is 0 Å². The average molecular weight is 403 g/mol. The van der Waals surface area contributed by atoms with Crippen LogP contribution in [-0.4, -0.2) is 22.6 Å². The molecule has 0 aromatic heterocycles. The number of rotatable bonds is 1. The lowest BCUT2D eigenvalue weighted by atomic mass is 9.89. The highest BCUT2D eigenvalue weighted by Crippen LogP contribution is 2.37. The van der Waals surface area contributed by atoms with Gasteiger partial charge in [-0.15, -0.1) is 0 Å². The van der Waals surface area contributed by atoms with Gasteiger partial charge in [-0.05, 0) is 52.3 Å². The summed E-state index contributed by atoms with van der Waals surface area (Å²) in [5, 5.41) is 3.10. The molecule has 0 saturated heterocycles. The van der Waals surface area contributed by atoms with Gasteiger partial charge in [-0.25, -0.2) is 9.18 Å². The Balaban J connectivity index is 2.23. The number of nitrogens with one attached hydrogen (secondary N) is 1. The van der Waals surface area contributed by atoms with Crippen molar-refractivity contribution < 1.29 is 13.9 Å². The number of thioether (sulfide) groups is 1. The van der Waals surface area contributed by atoms with Gasteiger partial charge in [0, 0.05) is 15.8 Å². The molecule has 1 aromatic rings.